The van der Waals surface area contributed by atoms with E-state index in [1.54, 1.807) is 18.2 Å². The summed E-state index contributed by atoms with van der Waals surface area (Å²) in [4.78, 5) is 11.5. The van der Waals surface area contributed by atoms with E-state index >= 15 is 0 Å². The summed E-state index contributed by atoms with van der Waals surface area (Å²) in [6.45, 7) is 0. The molecule has 212 valence electrons. The van der Waals surface area contributed by atoms with Gasteiger partial charge in [-0.05, 0) is 72.7 Å². The monoisotopic (exact) mass is 554 g/mol. The van der Waals surface area contributed by atoms with Crippen molar-refractivity contribution < 1.29 is 24.1 Å². The number of rotatable bonds is 10. The smallest absolute Gasteiger partial charge is 0.308 e. The molecule has 1 heterocycles. The van der Waals surface area contributed by atoms with Crippen molar-refractivity contribution in [2.24, 2.45) is 0 Å². The summed E-state index contributed by atoms with van der Waals surface area (Å²) >= 11 is 0. The van der Waals surface area contributed by atoms with Gasteiger partial charge >= 0.3 is 5.97 Å². The molecule has 0 aliphatic heterocycles. The quantitative estimate of drug-likeness (QED) is 0.234. The molecule has 6 nitrogen and oxygen atoms in total. The first-order valence-electron chi connectivity index (χ1n) is 14.0. The van der Waals surface area contributed by atoms with Gasteiger partial charge in [-0.2, -0.15) is 5.10 Å². The van der Waals surface area contributed by atoms with Crippen molar-refractivity contribution in [3.63, 3.8) is 0 Å². The highest BCUT2D eigenvalue weighted by Gasteiger charge is 2.28. The molecule has 2 N–H and O–H groups in total. The fraction of sp³-hybridized carbons (Fsp3) is 0.294. The normalized spacial score (nSPS) is 16.3. The predicted octanol–water partition coefficient (Wildman–Crippen LogP) is 6.03. The fourth-order valence-electron chi connectivity index (χ4n) is 5.54. The SMILES string of the molecule is COC(=O)CC(O)CC(O)/C=C/c1c2c(nn1-c1ccc(F)cc1)C(Cc1ccc(-c3ccccc3)cc1)CCC2. The molecule has 0 bridgehead atoms. The van der Waals surface area contributed by atoms with Crippen molar-refractivity contribution in [3.05, 3.63) is 113 Å². The van der Waals surface area contributed by atoms with Gasteiger partial charge in [-0.15, -0.1) is 0 Å². The first-order chi connectivity index (χ1) is 19.9. The molecule has 0 saturated heterocycles. The van der Waals surface area contributed by atoms with Crippen LogP contribution in [0.15, 0.2) is 84.9 Å². The highest BCUT2D eigenvalue weighted by atomic mass is 19.1. The number of ether oxygens (including phenoxy) is 1. The average Bonchev–Trinajstić information content (AvgIpc) is 3.36. The van der Waals surface area contributed by atoms with Crippen LogP contribution in [0.5, 0.6) is 0 Å². The number of hydrogen-bond donors (Lipinski definition) is 2. The second-order valence-electron chi connectivity index (χ2n) is 10.6. The molecule has 3 aromatic carbocycles. The summed E-state index contributed by atoms with van der Waals surface area (Å²) in [6.07, 6.45) is 4.99. The third-order valence-electron chi connectivity index (χ3n) is 7.65. The first-order valence-corrected chi connectivity index (χ1v) is 14.0. The molecule has 3 unspecified atom stereocenters. The lowest BCUT2D eigenvalue weighted by Crippen LogP contribution is -2.20. The summed E-state index contributed by atoms with van der Waals surface area (Å²) in [5.41, 5.74) is 7.31. The predicted molar refractivity (Wildman–Crippen MR) is 157 cm³/mol. The Morgan fingerprint density at radius 2 is 1.76 bits per heavy atom. The van der Waals surface area contributed by atoms with Gasteiger partial charge in [0.2, 0.25) is 0 Å². The van der Waals surface area contributed by atoms with Crippen LogP contribution in [0.1, 0.15) is 54.1 Å². The Morgan fingerprint density at radius 3 is 2.46 bits per heavy atom. The summed E-state index contributed by atoms with van der Waals surface area (Å²) in [6, 6.07) is 25.2. The summed E-state index contributed by atoms with van der Waals surface area (Å²) in [5.74, 6) is -0.630. The zero-order chi connectivity index (χ0) is 28.8. The number of aliphatic hydroxyl groups is 2. The van der Waals surface area contributed by atoms with Crippen molar-refractivity contribution in [3.8, 4) is 16.8 Å². The Kier molecular flexibility index (Phi) is 9.07. The van der Waals surface area contributed by atoms with Crippen LogP contribution in [0.4, 0.5) is 4.39 Å². The van der Waals surface area contributed by atoms with E-state index in [2.05, 4.69) is 41.1 Å². The van der Waals surface area contributed by atoms with E-state index in [4.69, 9.17) is 5.10 Å². The number of halogens is 1. The number of hydrogen-bond acceptors (Lipinski definition) is 5. The number of nitrogens with zero attached hydrogens (tertiary/aromatic N) is 2. The molecule has 0 amide bonds. The third kappa shape index (κ3) is 6.99. The largest absolute Gasteiger partial charge is 0.469 e. The number of carbonyl (C=O) groups is 1. The minimum Gasteiger partial charge on any atom is -0.469 e. The number of methoxy groups -OCH3 is 1. The average molecular weight is 555 g/mol. The van der Waals surface area contributed by atoms with E-state index in [0.29, 0.717) is 0 Å². The van der Waals surface area contributed by atoms with Crippen molar-refractivity contribution in [1.29, 1.82) is 0 Å². The van der Waals surface area contributed by atoms with Crippen LogP contribution in [0.3, 0.4) is 0 Å². The van der Waals surface area contributed by atoms with Crippen molar-refractivity contribution in [1.82, 2.24) is 9.78 Å². The molecule has 0 fully saturated rings. The van der Waals surface area contributed by atoms with Gasteiger partial charge in [0.05, 0.1) is 42.8 Å². The number of benzene rings is 3. The lowest BCUT2D eigenvalue weighted by molar-refractivity contribution is -0.143. The van der Waals surface area contributed by atoms with Gasteiger partial charge in [0.25, 0.3) is 0 Å². The molecule has 4 aromatic rings. The van der Waals surface area contributed by atoms with Gasteiger partial charge in [0.1, 0.15) is 5.82 Å². The zero-order valence-corrected chi connectivity index (χ0v) is 23.1. The Balaban J connectivity index is 1.41. The molecule has 5 rings (SSSR count). The maximum absolute atomic E-state index is 13.7. The Bertz CT molecular complexity index is 1480. The van der Waals surface area contributed by atoms with Crippen molar-refractivity contribution in [2.45, 2.75) is 56.7 Å². The van der Waals surface area contributed by atoms with Gasteiger partial charge in [-0.1, -0.05) is 60.7 Å². The minimum atomic E-state index is -1.02. The molecule has 0 spiro atoms. The molecule has 41 heavy (non-hydrogen) atoms. The molecular formula is C34H35FN2O4. The van der Waals surface area contributed by atoms with E-state index in [0.717, 1.165) is 48.3 Å². The standard InChI is InChI=1S/C34H35FN2O4/c1-41-33(40)22-30(39)21-29(38)18-19-32-31-9-5-8-26(34(31)36-37(32)28-16-14-27(35)15-17-28)20-23-10-12-25(13-11-23)24-6-3-2-4-7-24/h2-4,6-7,10-19,26,29-30,38-39H,5,8-9,20-22H2,1H3/b19-18+. The van der Waals surface area contributed by atoms with E-state index < -0.39 is 18.2 Å². The van der Waals surface area contributed by atoms with Gasteiger partial charge in [-0.3, -0.25) is 4.79 Å². The molecule has 1 aromatic heterocycles. The summed E-state index contributed by atoms with van der Waals surface area (Å²) in [5, 5.41) is 25.8. The summed E-state index contributed by atoms with van der Waals surface area (Å²) < 4.78 is 20.1. The maximum atomic E-state index is 13.7. The van der Waals surface area contributed by atoms with Crippen LogP contribution in [0, 0.1) is 5.82 Å². The van der Waals surface area contributed by atoms with Gasteiger partial charge in [-0.25, -0.2) is 9.07 Å². The molecule has 0 radical (unpaired) electrons. The maximum Gasteiger partial charge on any atom is 0.308 e. The Labute approximate surface area is 239 Å². The number of aromatic nitrogens is 2. The Hall–Kier alpha value is -4.07. The third-order valence-corrected chi connectivity index (χ3v) is 7.65. The van der Waals surface area contributed by atoms with Crippen molar-refractivity contribution in [2.75, 3.05) is 7.11 Å². The van der Waals surface area contributed by atoms with E-state index in [1.165, 1.54) is 35.9 Å². The van der Waals surface area contributed by atoms with E-state index in [9.17, 15) is 19.4 Å². The number of esters is 1. The lowest BCUT2D eigenvalue weighted by atomic mass is 9.82. The molecule has 1 aliphatic carbocycles. The molecule has 0 saturated carbocycles. The van der Waals surface area contributed by atoms with Crippen LogP contribution in [0.25, 0.3) is 22.9 Å². The fourth-order valence-corrected chi connectivity index (χ4v) is 5.54. The lowest BCUT2D eigenvalue weighted by Gasteiger charge is -2.21. The van der Waals surface area contributed by atoms with Crippen molar-refractivity contribution >= 4 is 12.0 Å². The molecule has 1 aliphatic rings. The van der Waals surface area contributed by atoms with E-state index in [-0.39, 0.29) is 24.6 Å². The number of aliphatic hydroxyl groups excluding tert-OH is 2. The highest BCUT2D eigenvalue weighted by Crippen LogP contribution is 2.37. The minimum absolute atomic E-state index is 0.0000770. The number of carbonyl (C=O) groups excluding carboxylic acids is 1. The topological polar surface area (TPSA) is 84.6 Å². The van der Waals surface area contributed by atoms with Crippen LogP contribution in [0.2, 0.25) is 0 Å². The molecule has 3 atom stereocenters. The summed E-state index contributed by atoms with van der Waals surface area (Å²) in [7, 11) is 1.26. The van der Waals surface area contributed by atoms with E-state index in [1.807, 2.05) is 29.0 Å². The first kappa shape index (κ1) is 28.5. The second-order valence-corrected chi connectivity index (χ2v) is 10.6. The van der Waals surface area contributed by atoms with Gasteiger partial charge < -0.3 is 14.9 Å². The molecule has 7 heteroatoms. The van der Waals surface area contributed by atoms with Gasteiger partial charge in [0.15, 0.2) is 0 Å². The van der Waals surface area contributed by atoms with Crippen LogP contribution in [-0.2, 0) is 22.4 Å². The number of fused-ring (bicyclic) bond motifs is 1. The van der Waals surface area contributed by atoms with Gasteiger partial charge in [0, 0.05) is 17.9 Å². The Morgan fingerprint density at radius 1 is 1.05 bits per heavy atom. The highest BCUT2D eigenvalue weighted by molar-refractivity contribution is 5.69. The zero-order valence-electron chi connectivity index (χ0n) is 23.1. The van der Waals surface area contributed by atoms with Crippen LogP contribution < -0.4 is 0 Å². The van der Waals surface area contributed by atoms with Crippen LogP contribution in [-0.4, -0.2) is 45.3 Å². The molecular weight excluding hydrogens is 519 g/mol. The van der Waals surface area contributed by atoms with Crippen LogP contribution >= 0.6 is 0 Å². The second kappa shape index (κ2) is 13.1.